The molecule has 1 saturated heterocycles. The van der Waals surface area contributed by atoms with Gasteiger partial charge < -0.3 is 25.6 Å². The lowest BCUT2D eigenvalue weighted by molar-refractivity contribution is 0.218. The monoisotopic (exact) mass is 488 g/mol. The van der Waals surface area contributed by atoms with E-state index in [2.05, 4.69) is 44.2 Å². The van der Waals surface area contributed by atoms with Crippen molar-refractivity contribution in [1.29, 1.82) is 0 Å². The second-order valence-corrected chi connectivity index (χ2v) is 9.07. The van der Waals surface area contributed by atoms with Crippen LogP contribution in [0.1, 0.15) is 40.3 Å². The standard InChI is InChI=1S/C28H32N4O4/c33-14-13-32-12-11-25(17-32)29-16-22-5-3-20(4-6-22)1-2-21-7-9-23(10-8-21)24(18-34)15-26-27(35)28(36)31-19-30-26/h3-10,19,24-25,29,33-35H,11-18H2,(H,30,31,36)/t24-,25+/m0/s1. The van der Waals surface area contributed by atoms with Crippen LogP contribution in [0, 0.1) is 11.8 Å². The van der Waals surface area contributed by atoms with E-state index in [1.807, 2.05) is 36.4 Å². The van der Waals surface area contributed by atoms with Crippen LogP contribution < -0.4 is 10.9 Å². The van der Waals surface area contributed by atoms with Crippen molar-refractivity contribution in [3.63, 3.8) is 0 Å². The highest BCUT2D eigenvalue weighted by molar-refractivity contribution is 5.44. The Morgan fingerprint density at radius 3 is 2.44 bits per heavy atom. The van der Waals surface area contributed by atoms with E-state index in [0.717, 1.165) is 49.3 Å². The SMILES string of the molecule is O=c1[nH]cnc(C[C@@H](CO)c2ccc(C#Cc3ccc(CN[C@@H]4CCN(CCO)C4)cc3)cc2)c1O. The molecular weight excluding hydrogens is 456 g/mol. The van der Waals surface area contributed by atoms with Crippen molar-refractivity contribution in [3.8, 4) is 17.6 Å². The molecule has 1 fully saturated rings. The Balaban J connectivity index is 1.32. The summed E-state index contributed by atoms with van der Waals surface area (Å²) in [6.07, 6.45) is 2.60. The van der Waals surface area contributed by atoms with Crippen LogP contribution >= 0.6 is 0 Å². The fourth-order valence-electron chi connectivity index (χ4n) is 4.39. The van der Waals surface area contributed by atoms with Gasteiger partial charge in [0.2, 0.25) is 5.75 Å². The Morgan fingerprint density at radius 1 is 1.08 bits per heavy atom. The van der Waals surface area contributed by atoms with Gasteiger partial charge in [-0.3, -0.25) is 9.69 Å². The molecule has 1 aliphatic heterocycles. The Bertz CT molecular complexity index is 1250. The number of rotatable bonds is 9. The number of hydrogen-bond acceptors (Lipinski definition) is 7. The van der Waals surface area contributed by atoms with Crippen LogP contribution in [0.2, 0.25) is 0 Å². The Kier molecular flexibility index (Phi) is 8.87. The van der Waals surface area contributed by atoms with E-state index in [1.165, 1.54) is 11.9 Å². The van der Waals surface area contributed by atoms with Gasteiger partial charge in [-0.05, 0) is 48.4 Å². The summed E-state index contributed by atoms with van der Waals surface area (Å²) in [7, 11) is 0. The molecule has 0 spiro atoms. The molecule has 0 bridgehead atoms. The van der Waals surface area contributed by atoms with Gasteiger partial charge in [-0.25, -0.2) is 4.98 Å². The van der Waals surface area contributed by atoms with Crippen molar-refractivity contribution in [2.45, 2.75) is 31.3 Å². The zero-order valence-corrected chi connectivity index (χ0v) is 20.2. The number of nitrogens with zero attached hydrogens (tertiary/aromatic N) is 2. The molecule has 188 valence electrons. The third-order valence-electron chi connectivity index (χ3n) is 6.54. The first-order chi connectivity index (χ1) is 17.6. The first kappa shape index (κ1) is 25.6. The predicted octanol–water partition coefficient (Wildman–Crippen LogP) is 1.35. The molecule has 8 heteroatoms. The maximum atomic E-state index is 11.6. The molecular formula is C28H32N4O4. The number of hydrogen-bond donors (Lipinski definition) is 5. The molecule has 36 heavy (non-hydrogen) atoms. The number of aromatic nitrogens is 2. The van der Waals surface area contributed by atoms with Gasteiger partial charge >= 0.3 is 0 Å². The van der Waals surface area contributed by atoms with Crippen molar-refractivity contribution >= 4 is 0 Å². The summed E-state index contributed by atoms with van der Waals surface area (Å²) >= 11 is 0. The third-order valence-corrected chi connectivity index (χ3v) is 6.54. The topological polar surface area (TPSA) is 122 Å². The van der Waals surface area contributed by atoms with Crippen LogP contribution in [0.3, 0.4) is 0 Å². The zero-order valence-electron chi connectivity index (χ0n) is 20.2. The number of aliphatic hydroxyl groups is 2. The number of H-pyrrole nitrogens is 1. The fraction of sp³-hybridized carbons (Fsp3) is 0.357. The summed E-state index contributed by atoms with van der Waals surface area (Å²) in [6.45, 7) is 3.64. The summed E-state index contributed by atoms with van der Waals surface area (Å²) in [5.74, 6) is 5.65. The largest absolute Gasteiger partial charge is 0.502 e. The number of likely N-dealkylation sites (tertiary alicyclic amines) is 1. The molecule has 5 N–H and O–H groups in total. The van der Waals surface area contributed by atoms with E-state index in [1.54, 1.807) is 0 Å². The Morgan fingerprint density at radius 2 is 1.78 bits per heavy atom. The number of aromatic hydroxyl groups is 1. The van der Waals surface area contributed by atoms with Crippen molar-refractivity contribution in [2.75, 3.05) is 32.8 Å². The smallest absolute Gasteiger partial charge is 0.293 e. The maximum Gasteiger partial charge on any atom is 0.293 e. The molecule has 2 aromatic carbocycles. The molecule has 0 radical (unpaired) electrons. The summed E-state index contributed by atoms with van der Waals surface area (Å²) < 4.78 is 0. The lowest BCUT2D eigenvalue weighted by atomic mass is 9.94. The second-order valence-electron chi connectivity index (χ2n) is 9.07. The van der Waals surface area contributed by atoms with Crippen molar-refractivity contribution < 1.29 is 15.3 Å². The summed E-state index contributed by atoms with van der Waals surface area (Å²) in [4.78, 5) is 20.2. The highest BCUT2D eigenvalue weighted by Crippen LogP contribution is 2.22. The van der Waals surface area contributed by atoms with Gasteiger partial charge in [-0.15, -0.1) is 0 Å². The van der Waals surface area contributed by atoms with E-state index in [0.29, 0.717) is 6.04 Å². The lowest BCUT2D eigenvalue weighted by Crippen LogP contribution is -2.33. The first-order valence-electron chi connectivity index (χ1n) is 12.2. The average molecular weight is 489 g/mol. The lowest BCUT2D eigenvalue weighted by Gasteiger charge is -2.15. The van der Waals surface area contributed by atoms with Gasteiger partial charge in [-0.1, -0.05) is 36.1 Å². The third kappa shape index (κ3) is 6.80. The Labute approximate surface area is 210 Å². The van der Waals surface area contributed by atoms with Gasteiger partial charge in [0.25, 0.3) is 5.56 Å². The number of aromatic amines is 1. The van der Waals surface area contributed by atoms with Gasteiger partial charge in [0.15, 0.2) is 0 Å². The normalized spacial score (nSPS) is 16.4. The van der Waals surface area contributed by atoms with Crippen LogP contribution in [0.25, 0.3) is 0 Å². The number of nitrogens with one attached hydrogen (secondary N) is 2. The Hall–Kier alpha value is -3.48. The van der Waals surface area contributed by atoms with E-state index in [9.17, 15) is 15.0 Å². The molecule has 1 aromatic heterocycles. The van der Waals surface area contributed by atoms with Crippen LogP contribution in [-0.2, 0) is 13.0 Å². The minimum absolute atomic E-state index is 0.137. The summed E-state index contributed by atoms with van der Waals surface area (Å²) in [5, 5.41) is 32.4. The number of β-amino-alcohol motifs (C(OH)–C–C–N with tert-alkyl or cyclic N) is 1. The van der Waals surface area contributed by atoms with E-state index in [-0.39, 0.29) is 31.2 Å². The molecule has 8 nitrogen and oxygen atoms in total. The highest BCUT2D eigenvalue weighted by atomic mass is 16.3. The van der Waals surface area contributed by atoms with Crippen molar-refractivity contribution in [2.24, 2.45) is 0 Å². The average Bonchev–Trinajstić information content (AvgIpc) is 3.36. The molecule has 3 aromatic rings. The minimum Gasteiger partial charge on any atom is -0.502 e. The van der Waals surface area contributed by atoms with Gasteiger partial charge in [0.05, 0.1) is 25.2 Å². The molecule has 1 aliphatic rings. The molecule has 2 heterocycles. The van der Waals surface area contributed by atoms with E-state index < -0.39 is 11.3 Å². The zero-order chi connectivity index (χ0) is 25.3. The van der Waals surface area contributed by atoms with Gasteiger partial charge in [0, 0.05) is 49.1 Å². The van der Waals surface area contributed by atoms with Gasteiger partial charge in [-0.2, -0.15) is 0 Å². The maximum absolute atomic E-state index is 11.6. The van der Waals surface area contributed by atoms with Crippen LogP contribution in [0.5, 0.6) is 5.75 Å². The van der Waals surface area contributed by atoms with Crippen molar-refractivity contribution in [3.05, 3.63) is 93.2 Å². The molecule has 0 saturated carbocycles. The quantitative estimate of drug-likeness (QED) is 0.288. The van der Waals surface area contributed by atoms with Gasteiger partial charge in [0.1, 0.15) is 0 Å². The van der Waals surface area contributed by atoms with Crippen LogP contribution in [-0.4, -0.2) is 69.1 Å². The first-order valence-corrected chi connectivity index (χ1v) is 12.2. The molecule has 2 atom stereocenters. The number of aliphatic hydroxyl groups excluding tert-OH is 2. The molecule has 0 unspecified atom stereocenters. The van der Waals surface area contributed by atoms with Crippen molar-refractivity contribution in [1.82, 2.24) is 20.2 Å². The van der Waals surface area contributed by atoms with E-state index in [4.69, 9.17) is 5.11 Å². The predicted molar refractivity (Wildman–Crippen MR) is 138 cm³/mol. The second kappa shape index (κ2) is 12.5. The summed E-state index contributed by atoms with van der Waals surface area (Å²) in [6, 6.07) is 16.3. The highest BCUT2D eigenvalue weighted by Gasteiger charge is 2.21. The van der Waals surface area contributed by atoms with Crippen LogP contribution in [0.4, 0.5) is 0 Å². The molecule has 0 aliphatic carbocycles. The molecule has 0 amide bonds. The van der Waals surface area contributed by atoms with Crippen LogP contribution in [0.15, 0.2) is 59.7 Å². The fourth-order valence-corrected chi connectivity index (χ4v) is 4.39. The minimum atomic E-state index is -0.592. The van der Waals surface area contributed by atoms with E-state index >= 15 is 0 Å². The molecule has 4 rings (SSSR count). The summed E-state index contributed by atoms with van der Waals surface area (Å²) in [5.41, 5.74) is 3.54. The number of benzene rings is 2.